The van der Waals surface area contributed by atoms with Crippen LogP contribution in [0.4, 0.5) is 10.5 Å². The molecule has 0 N–H and O–H groups in total. The minimum absolute atomic E-state index is 0.299. The van der Waals surface area contributed by atoms with E-state index in [9.17, 15) is 4.79 Å². The number of benzene rings is 1. The van der Waals surface area contributed by atoms with Crippen LogP contribution in [0.15, 0.2) is 29.4 Å². The smallest absolute Gasteiger partial charge is 0.393 e. The number of anilines is 1. The van der Waals surface area contributed by atoms with Gasteiger partial charge in [0, 0.05) is 14.1 Å². The molecule has 1 aliphatic rings. The van der Waals surface area contributed by atoms with Gasteiger partial charge in [-0.05, 0) is 44.4 Å². The zero-order chi connectivity index (χ0) is 17.0. The zero-order valence-corrected chi connectivity index (χ0v) is 14.8. The third-order valence-electron chi connectivity index (χ3n) is 3.94. The normalized spacial score (nSPS) is 16.2. The summed E-state index contributed by atoms with van der Waals surface area (Å²) in [4.78, 5) is 13.2. The maximum absolute atomic E-state index is 11.8. The van der Waals surface area contributed by atoms with E-state index in [4.69, 9.17) is 4.74 Å². The highest BCUT2D eigenvalue weighted by molar-refractivity contribution is 5.94. The van der Waals surface area contributed by atoms with Gasteiger partial charge in [-0.1, -0.05) is 25.5 Å². The van der Waals surface area contributed by atoms with Gasteiger partial charge < -0.3 is 9.64 Å². The number of amides is 1. The Morgan fingerprint density at radius 1 is 1.30 bits per heavy atom. The van der Waals surface area contributed by atoms with Gasteiger partial charge in [-0.25, -0.2) is 4.79 Å². The van der Waals surface area contributed by atoms with Crippen LogP contribution in [0.25, 0.3) is 0 Å². The molecule has 1 aromatic rings. The number of unbranched alkanes of at least 4 members (excludes halogenated alkanes) is 1. The molecule has 1 aromatic carbocycles. The number of hydrogen-bond donors (Lipinski definition) is 0. The molecule has 23 heavy (non-hydrogen) atoms. The number of nitrogens with zero attached hydrogens (tertiary/aromatic N) is 3. The molecule has 1 heterocycles. The Bertz CT molecular complexity index is 576. The van der Waals surface area contributed by atoms with E-state index in [0.717, 1.165) is 12.1 Å². The van der Waals surface area contributed by atoms with Gasteiger partial charge in [-0.15, -0.1) is 5.10 Å². The molecule has 0 aromatic heterocycles. The third-order valence-corrected chi connectivity index (χ3v) is 3.94. The number of hydrazone groups is 1. The molecule has 0 radical (unpaired) electrons. The molecule has 0 atom stereocenters. The lowest BCUT2D eigenvalue weighted by atomic mass is 9.94. The predicted octanol–water partition coefficient (Wildman–Crippen LogP) is 3.89. The molecule has 0 bridgehead atoms. The van der Waals surface area contributed by atoms with Crippen LogP contribution in [-0.4, -0.2) is 37.5 Å². The van der Waals surface area contributed by atoms with Crippen LogP contribution in [0, 0.1) is 5.41 Å². The van der Waals surface area contributed by atoms with E-state index in [-0.39, 0.29) is 5.41 Å². The number of rotatable bonds is 4. The van der Waals surface area contributed by atoms with E-state index in [0.29, 0.717) is 12.4 Å². The van der Waals surface area contributed by atoms with E-state index >= 15 is 0 Å². The Balaban J connectivity index is 2.11. The maximum atomic E-state index is 11.8. The van der Waals surface area contributed by atoms with Crippen molar-refractivity contribution in [2.75, 3.05) is 25.6 Å². The molecule has 0 saturated carbocycles. The van der Waals surface area contributed by atoms with E-state index < -0.39 is 6.09 Å². The van der Waals surface area contributed by atoms with Crippen molar-refractivity contribution in [3.05, 3.63) is 29.8 Å². The first-order chi connectivity index (χ1) is 10.8. The topological polar surface area (TPSA) is 45.1 Å². The quantitative estimate of drug-likeness (QED) is 0.846. The Labute approximate surface area is 138 Å². The Hall–Kier alpha value is -2.04. The van der Waals surface area contributed by atoms with Crippen molar-refractivity contribution in [1.29, 1.82) is 0 Å². The number of ether oxygens (including phenoxy) is 1. The molecular weight excluding hydrogens is 290 g/mol. The third kappa shape index (κ3) is 4.24. The van der Waals surface area contributed by atoms with Gasteiger partial charge in [0.05, 0.1) is 17.6 Å². The van der Waals surface area contributed by atoms with Gasteiger partial charge in [0.2, 0.25) is 5.90 Å². The SMILES string of the molecule is CCCCc1ccc(N2CC(C)(C)C(OC(=O)N(C)C)=N2)cc1. The Morgan fingerprint density at radius 3 is 2.52 bits per heavy atom. The zero-order valence-electron chi connectivity index (χ0n) is 14.8. The lowest BCUT2D eigenvalue weighted by Crippen LogP contribution is -2.33. The molecule has 1 amide bonds. The lowest BCUT2D eigenvalue weighted by Gasteiger charge is -2.21. The van der Waals surface area contributed by atoms with Gasteiger partial charge in [-0.2, -0.15) is 0 Å². The molecule has 0 spiro atoms. The number of hydrogen-bond acceptors (Lipinski definition) is 4. The van der Waals surface area contributed by atoms with Crippen molar-refractivity contribution >= 4 is 17.7 Å². The van der Waals surface area contributed by atoms with E-state index in [1.807, 2.05) is 18.9 Å². The van der Waals surface area contributed by atoms with Gasteiger partial charge in [0.15, 0.2) is 0 Å². The van der Waals surface area contributed by atoms with Crippen LogP contribution in [0.5, 0.6) is 0 Å². The van der Waals surface area contributed by atoms with Crippen molar-refractivity contribution in [2.45, 2.75) is 40.0 Å². The Kier molecular flexibility index (Phi) is 5.29. The summed E-state index contributed by atoms with van der Waals surface area (Å²) in [6, 6.07) is 8.47. The maximum Gasteiger partial charge on any atom is 0.415 e. The van der Waals surface area contributed by atoms with Crippen molar-refractivity contribution in [2.24, 2.45) is 10.5 Å². The highest BCUT2D eigenvalue weighted by Crippen LogP contribution is 2.31. The summed E-state index contributed by atoms with van der Waals surface area (Å²) in [5.41, 5.74) is 2.07. The average molecular weight is 317 g/mol. The molecule has 0 aliphatic carbocycles. The molecule has 0 saturated heterocycles. The van der Waals surface area contributed by atoms with Crippen LogP contribution < -0.4 is 5.01 Å². The van der Waals surface area contributed by atoms with Gasteiger partial charge >= 0.3 is 6.09 Å². The highest BCUT2D eigenvalue weighted by atomic mass is 16.6. The first kappa shape index (κ1) is 17.3. The van der Waals surface area contributed by atoms with Crippen LogP contribution in [0.2, 0.25) is 0 Å². The monoisotopic (exact) mass is 317 g/mol. The summed E-state index contributed by atoms with van der Waals surface area (Å²) >= 11 is 0. The molecule has 0 fully saturated rings. The average Bonchev–Trinajstić information content (AvgIpc) is 2.80. The summed E-state index contributed by atoms with van der Waals surface area (Å²) in [6.07, 6.45) is 3.12. The van der Waals surface area contributed by atoms with Crippen molar-refractivity contribution < 1.29 is 9.53 Å². The Morgan fingerprint density at radius 2 is 1.96 bits per heavy atom. The van der Waals surface area contributed by atoms with Crippen molar-refractivity contribution in [3.63, 3.8) is 0 Å². The second kappa shape index (κ2) is 7.02. The number of aryl methyl sites for hydroxylation is 1. The van der Waals surface area contributed by atoms with E-state index in [2.05, 4.69) is 36.3 Å². The van der Waals surface area contributed by atoms with E-state index in [1.54, 1.807) is 14.1 Å². The standard InChI is InChI=1S/C18H27N3O2/c1-6-7-8-14-9-11-15(12-10-14)21-13-18(2,3)16(19-21)23-17(22)20(4)5/h9-12H,6-8,13H2,1-5H3. The fourth-order valence-corrected chi connectivity index (χ4v) is 2.42. The van der Waals surface area contributed by atoms with Crippen LogP contribution >= 0.6 is 0 Å². The summed E-state index contributed by atoms with van der Waals surface area (Å²) in [5.74, 6) is 0.464. The van der Waals surface area contributed by atoms with Crippen LogP contribution in [0.3, 0.4) is 0 Å². The van der Waals surface area contributed by atoms with Gasteiger partial charge in [0.25, 0.3) is 0 Å². The van der Waals surface area contributed by atoms with Gasteiger partial charge in [0.1, 0.15) is 0 Å². The predicted molar refractivity (Wildman–Crippen MR) is 93.8 cm³/mol. The fraction of sp³-hybridized carbons (Fsp3) is 0.556. The van der Waals surface area contributed by atoms with Gasteiger partial charge in [-0.3, -0.25) is 5.01 Å². The molecule has 126 valence electrons. The van der Waals surface area contributed by atoms with Crippen LogP contribution in [-0.2, 0) is 11.2 Å². The number of carbonyl (C=O) groups is 1. The second-order valence-electron chi connectivity index (χ2n) is 6.88. The largest absolute Gasteiger partial charge is 0.415 e. The fourth-order valence-electron chi connectivity index (χ4n) is 2.42. The molecule has 5 heteroatoms. The van der Waals surface area contributed by atoms with Crippen molar-refractivity contribution in [3.8, 4) is 0 Å². The summed E-state index contributed by atoms with van der Waals surface area (Å²) in [5, 5.41) is 6.41. The summed E-state index contributed by atoms with van der Waals surface area (Å²) in [6.45, 7) is 6.96. The first-order valence-corrected chi connectivity index (χ1v) is 8.18. The van der Waals surface area contributed by atoms with E-state index in [1.165, 1.54) is 23.3 Å². The molecule has 5 nitrogen and oxygen atoms in total. The molecule has 1 aliphatic heterocycles. The highest BCUT2D eigenvalue weighted by Gasteiger charge is 2.38. The summed E-state index contributed by atoms with van der Waals surface area (Å²) in [7, 11) is 3.33. The second-order valence-corrected chi connectivity index (χ2v) is 6.88. The lowest BCUT2D eigenvalue weighted by molar-refractivity contribution is 0.163. The summed E-state index contributed by atoms with van der Waals surface area (Å²) < 4.78 is 5.41. The minimum Gasteiger partial charge on any atom is -0.393 e. The first-order valence-electron chi connectivity index (χ1n) is 8.18. The number of carbonyl (C=O) groups excluding carboxylic acids is 1. The van der Waals surface area contributed by atoms with Crippen LogP contribution in [0.1, 0.15) is 39.2 Å². The molecule has 2 rings (SSSR count). The molecular formula is C18H27N3O2. The molecule has 0 unspecified atom stereocenters. The van der Waals surface area contributed by atoms with Crippen molar-refractivity contribution in [1.82, 2.24) is 4.90 Å². The minimum atomic E-state index is -0.395.